The topological polar surface area (TPSA) is 40.5 Å². The van der Waals surface area contributed by atoms with Gasteiger partial charge in [-0.2, -0.15) is 0 Å². The van der Waals surface area contributed by atoms with E-state index in [9.17, 15) is 10.2 Å². The van der Waals surface area contributed by atoms with Crippen LogP contribution in [0.2, 0.25) is 0 Å². The van der Waals surface area contributed by atoms with Gasteiger partial charge in [0.15, 0.2) is 0 Å². The normalized spacial score (nSPS) is 18.8. The number of hydrogen-bond acceptors (Lipinski definition) is 2. The lowest BCUT2D eigenvalue weighted by Gasteiger charge is -2.38. The van der Waals surface area contributed by atoms with Gasteiger partial charge >= 0.3 is 0 Å². The second-order valence-corrected chi connectivity index (χ2v) is 3.73. The third kappa shape index (κ3) is 2.42. The average molecular weight is 184 g/mol. The summed E-state index contributed by atoms with van der Waals surface area (Å²) in [5.41, 5.74) is -2.10. The van der Waals surface area contributed by atoms with Crippen molar-refractivity contribution in [3.05, 3.63) is 25.3 Å². The Labute approximate surface area is 80.6 Å². The molecule has 2 atom stereocenters. The van der Waals surface area contributed by atoms with Gasteiger partial charge in [-0.3, -0.25) is 0 Å². The van der Waals surface area contributed by atoms with Crippen molar-refractivity contribution < 1.29 is 10.2 Å². The van der Waals surface area contributed by atoms with Gasteiger partial charge in [-0.05, 0) is 13.3 Å². The molecule has 2 heteroatoms. The van der Waals surface area contributed by atoms with Gasteiger partial charge in [-0.1, -0.05) is 39.2 Å². The molecular weight excluding hydrogens is 164 g/mol. The van der Waals surface area contributed by atoms with Crippen LogP contribution in [-0.2, 0) is 0 Å². The molecule has 0 aromatic carbocycles. The van der Waals surface area contributed by atoms with Crippen molar-refractivity contribution in [2.45, 2.75) is 38.4 Å². The van der Waals surface area contributed by atoms with Gasteiger partial charge in [0.2, 0.25) is 0 Å². The SMILES string of the molecule is C=CC(O)(C=C)C(C)C(C)(O)CC. The molecule has 0 saturated carbocycles. The van der Waals surface area contributed by atoms with Gasteiger partial charge in [-0.15, -0.1) is 0 Å². The predicted octanol–water partition coefficient (Wildman–Crippen LogP) is 1.89. The third-order valence-corrected chi connectivity index (χ3v) is 3.00. The van der Waals surface area contributed by atoms with E-state index in [-0.39, 0.29) is 5.92 Å². The van der Waals surface area contributed by atoms with E-state index in [1.807, 2.05) is 6.92 Å². The second kappa shape index (κ2) is 4.07. The molecule has 13 heavy (non-hydrogen) atoms. The molecule has 0 fully saturated rings. The smallest absolute Gasteiger partial charge is 0.106 e. The first kappa shape index (κ1) is 12.4. The van der Waals surface area contributed by atoms with Gasteiger partial charge in [0.25, 0.3) is 0 Å². The molecule has 76 valence electrons. The van der Waals surface area contributed by atoms with Gasteiger partial charge in [0.1, 0.15) is 5.60 Å². The number of hydrogen-bond donors (Lipinski definition) is 2. The number of aliphatic hydroxyl groups is 2. The maximum Gasteiger partial charge on any atom is 0.106 e. The highest BCUT2D eigenvalue weighted by Crippen LogP contribution is 2.32. The highest BCUT2D eigenvalue weighted by molar-refractivity contribution is 5.14. The molecule has 0 spiro atoms. The fraction of sp³-hybridized carbons (Fsp3) is 0.636. The fourth-order valence-corrected chi connectivity index (χ4v) is 1.24. The van der Waals surface area contributed by atoms with Gasteiger partial charge in [0, 0.05) is 5.92 Å². The van der Waals surface area contributed by atoms with Crippen molar-refractivity contribution in [3.63, 3.8) is 0 Å². The van der Waals surface area contributed by atoms with E-state index in [0.29, 0.717) is 6.42 Å². The molecule has 0 aliphatic carbocycles. The van der Waals surface area contributed by atoms with Crippen molar-refractivity contribution in [1.82, 2.24) is 0 Å². The lowest BCUT2D eigenvalue weighted by atomic mass is 9.76. The summed E-state index contributed by atoms with van der Waals surface area (Å²) in [6, 6.07) is 0. The van der Waals surface area contributed by atoms with Crippen molar-refractivity contribution in [1.29, 1.82) is 0 Å². The van der Waals surface area contributed by atoms with E-state index in [1.165, 1.54) is 12.2 Å². The first-order valence-corrected chi connectivity index (χ1v) is 4.56. The molecule has 0 aromatic heterocycles. The minimum Gasteiger partial charge on any atom is -0.390 e. The van der Waals surface area contributed by atoms with E-state index >= 15 is 0 Å². The maximum absolute atomic E-state index is 9.97. The van der Waals surface area contributed by atoms with Crippen molar-refractivity contribution in [3.8, 4) is 0 Å². The van der Waals surface area contributed by atoms with Crippen LogP contribution < -0.4 is 0 Å². The summed E-state index contributed by atoms with van der Waals surface area (Å²) in [4.78, 5) is 0. The van der Waals surface area contributed by atoms with Crippen molar-refractivity contribution in [2.75, 3.05) is 0 Å². The van der Waals surface area contributed by atoms with E-state index in [0.717, 1.165) is 0 Å². The first-order valence-electron chi connectivity index (χ1n) is 4.56. The van der Waals surface area contributed by atoms with E-state index < -0.39 is 11.2 Å². The van der Waals surface area contributed by atoms with Crippen molar-refractivity contribution in [2.24, 2.45) is 5.92 Å². The highest BCUT2D eigenvalue weighted by atomic mass is 16.3. The molecule has 0 rings (SSSR count). The molecule has 2 unspecified atom stereocenters. The molecule has 0 aromatic rings. The summed E-state index contributed by atoms with van der Waals surface area (Å²) in [7, 11) is 0. The minimum absolute atomic E-state index is 0.319. The van der Waals surface area contributed by atoms with Gasteiger partial charge in [-0.25, -0.2) is 0 Å². The zero-order valence-electron chi connectivity index (χ0n) is 8.75. The first-order chi connectivity index (χ1) is 5.84. The van der Waals surface area contributed by atoms with Crippen LogP contribution in [0.5, 0.6) is 0 Å². The molecule has 0 aliphatic heterocycles. The second-order valence-electron chi connectivity index (χ2n) is 3.73. The Morgan fingerprint density at radius 1 is 1.31 bits per heavy atom. The maximum atomic E-state index is 9.97. The standard InChI is InChI=1S/C11H20O2/c1-6-10(5,12)9(4)11(13,7-2)8-3/h7-9,12-13H,2-3,6H2,1,4-5H3. The molecule has 0 bridgehead atoms. The zero-order valence-corrected chi connectivity index (χ0v) is 8.75. The van der Waals surface area contributed by atoms with Crippen LogP contribution in [0.4, 0.5) is 0 Å². The Balaban J connectivity index is 4.84. The number of rotatable bonds is 5. The Kier molecular flexibility index (Phi) is 3.88. The predicted molar refractivity (Wildman–Crippen MR) is 55.4 cm³/mol. The molecular formula is C11H20O2. The van der Waals surface area contributed by atoms with Crippen LogP contribution in [0, 0.1) is 5.92 Å². The Morgan fingerprint density at radius 2 is 1.69 bits per heavy atom. The van der Waals surface area contributed by atoms with E-state index in [2.05, 4.69) is 13.2 Å². The van der Waals surface area contributed by atoms with Crippen LogP contribution in [-0.4, -0.2) is 21.4 Å². The lowest BCUT2D eigenvalue weighted by Crippen LogP contribution is -2.46. The molecule has 0 heterocycles. The highest BCUT2D eigenvalue weighted by Gasteiger charge is 2.39. The van der Waals surface area contributed by atoms with Crippen LogP contribution in [0.15, 0.2) is 25.3 Å². The quantitative estimate of drug-likeness (QED) is 0.640. The summed E-state index contributed by atoms with van der Waals surface area (Å²) in [6.07, 6.45) is 3.40. The molecule has 2 N–H and O–H groups in total. The van der Waals surface area contributed by atoms with Crippen LogP contribution in [0.25, 0.3) is 0 Å². The lowest BCUT2D eigenvalue weighted by molar-refractivity contribution is -0.0670. The summed E-state index contributed by atoms with van der Waals surface area (Å²) in [5, 5.41) is 19.9. The summed E-state index contributed by atoms with van der Waals surface area (Å²) < 4.78 is 0. The van der Waals surface area contributed by atoms with Crippen molar-refractivity contribution >= 4 is 0 Å². The van der Waals surface area contributed by atoms with Crippen LogP contribution >= 0.6 is 0 Å². The third-order valence-electron chi connectivity index (χ3n) is 3.00. The van der Waals surface area contributed by atoms with Gasteiger partial charge < -0.3 is 10.2 Å². The van der Waals surface area contributed by atoms with Gasteiger partial charge in [0.05, 0.1) is 5.60 Å². The molecule has 0 radical (unpaired) electrons. The average Bonchev–Trinajstić information content (AvgIpc) is 2.15. The molecule has 0 amide bonds. The molecule has 0 saturated heterocycles. The summed E-state index contributed by atoms with van der Waals surface area (Å²) in [5.74, 6) is -0.319. The summed E-state index contributed by atoms with van der Waals surface area (Å²) in [6.45, 7) is 12.4. The zero-order chi connectivity index (χ0) is 10.7. The van der Waals surface area contributed by atoms with Crippen LogP contribution in [0.3, 0.4) is 0 Å². The molecule has 0 aliphatic rings. The van der Waals surface area contributed by atoms with Crippen LogP contribution in [0.1, 0.15) is 27.2 Å². The van der Waals surface area contributed by atoms with E-state index in [4.69, 9.17) is 0 Å². The monoisotopic (exact) mass is 184 g/mol. The molecule has 2 nitrogen and oxygen atoms in total. The largest absolute Gasteiger partial charge is 0.390 e. The Morgan fingerprint density at radius 3 is 1.92 bits per heavy atom. The Bertz CT molecular complexity index is 186. The minimum atomic E-state index is -1.19. The fourth-order valence-electron chi connectivity index (χ4n) is 1.24. The Hall–Kier alpha value is -0.600. The summed E-state index contributed by atoms with van der Waals surface area (Å²) >= 11 is 0. The van der Waals surface area contributed by atoms with E-state index in [1.54, 1.807) is 13.8 Å².